The van der Waals surface area contributed by atoms with Crippen molar-refractivity contribution in [3.05, 3.63) is 23.9 Å². The van der Waals surface area contributed by atoms with Crippen LogP contribution < -0.4 is 5.32 Å². The summed E-state index contributed by atoms with van der Waals surface area (Å²) in [7, 11) is 0. The number of ether oxygens (including phenoxy) is 1. The molecular weight excluding hydrogens is 238 g/mol. The van der Waals surface area contributed by atoms with E-state index in [1.807, 2.05) is 25.1 Å². The van der Waals surface area contributed by atoms with E-state index in [-0.39, 0.29) is 0 Å². The maximum absolute atomic E-state index is 5.74. The van der Waals surface area contributed by atoms with Crippen LogP contribution in [0.1, 0.15) is 26.0 Å². The molecule has 19 heavy (non-hydrogen) atoms. The number of aryl methyl sites for hydroxylation is 1. The molecule has 0 aromatic carbocycles. The molecule has 2 heterocycles. The SMILES string of the molecule is Cc1cccc(NCCCN2CC(C)OC(C)C2)n1. The minimum atomic E-state index is 0.357. The molecule has 4 nitrogen and oxygen atoms in total. The van der Waals surface area contributed by atoms with E-state index < -0.39 is 0 Å². The van der Waals surface area contributed by atoms with Crippen molar-refractivity contribution in [2.24, 2.45) is 0 Å². The predicted molar refractivity (Wildman–Crippen MR) is 78.5 cm³/mol. The molecule has 0 radical (unpaired) electrons. The van der Waals surface area contributed by atoms with E-state index in [0.29, 0.717) is 12.2 Å². The minimum Gasteiger partial charge on any atom is -0.373 e. The number of aromatic nitrogens is 1. The fourth-order valence-corrected chi connectivity index (χ4v) is 2.63. The molecule has 2 atom stereocenters. The molecule has 1 N–H and O–H groups in total. The van der Waals surface area contributed by atoms with Crippen LogP contribution >= 0.6 is 0 Å². The number of anilines is 1. The molecule has 1 aliphatic rings. The zero-order chi connectivity index (χ0) is 13.7. The summed E-state index contributed by atoms with van der Waals surface area (Å²) >= 11 is 0. The Morgan fingerprint density at radius 2 is 2.05 bits per heavy atom. The standard InChI is InChI=1S/C15H25N3O/c1-12-6-4-7-15(17-12)16-8-5-9-18-10-13(2)19-14(3)11-18/h4,6-7,13-14H,5,8-11H2,1-3H3,(H,16,17). The summed E-state index contributed by atoms with van der Waals surface area (Å²) in [6.07, 6.45) is 1.85. The number of pyridine rings is 1. The van der Waals surface area contributed by atoms with Gasteiger partial charge in [-0.05, 0) is 39.3 Å². The minimum absolute atomic E-state index is 0.357. The zero-order valence-corrected chi connectivity index (χ0v) is 12.2. The molecule has 106 valence electrons. The molecule has 0 aliphatic carbocycles. The monoisotopic (exact) mass is 263 g/mol. The van der Waals surface area contributed by atoms with Gasteiger partial charge < -0.3 is 10.1 Å². The fraction of sp³-hybridized carbons (Fsp3) is 0.667. The van der Waals surface area contributed by atoms with E-state index in [0.717, 1.165) is 44.1 Å². The Morgan fingerprint density at radius 3 is 2.74 bits per heavy atom. The molecule has 0 bridgehead atoms. The third-order valence-electron chi connectivity index (χ3n) is 3.34. The largest absolute Gasteiger partial charge is 0.373 e. The zero-order valence-electron chi connectivity index (χ0n) is 12.2. The number of morpholine rings is 1. The number of nitrogens with zero attached hydrogens (tertiary/aromatic N) is 2. The topological polar surface area (TPSA) is 37.4 Å². The summed E-state index contributed by atoms with van der Waals surface area (Å²) in [5, 5.41) is 3.38. The van der Waals surface area contributed by atoms with Gasteiger partial charge in [0.05, 0.1) is 12.2 Å². The maximum atomic E-state index is 5.74. The van der Waals surface area contributed by atoms with E-state index in [1.54, 1.807) is 0 Å². The third kappa shape index (κ3) is 4.80. The van der Waals surface area contributed by atoms with Crippen LogP contribution in [0.15, 0.2) is 18.2 Å². The highest BCUT2D eigenvalue weighted by Crippen LogP contribution is 2.11. The van der Waals surface area contributed by atoms with Crippen molar-refractivity contribution in [2.75, 3.05) is 31.5 Å². The van der Waals surface area contributed by atoms with Gasteiger partial charge in [0.25, 0.3) is 0 Å². The Bertz CT molecular complexity index is 387. The maximum Gasteiger partial charge on any atom is 0.126 e. The lowest BCUT2D eigenvalue weighted by Gasteiger charge is -2.35. The van der Waals surface area contributed by atoms with Crippen molar-refractivity contribution in [1.29, 1.82) is 0 Å². The summed E-state index contributed by atoms with van der Waals surface area (Å²) in [6, 6.07) is 6.07. The van der Waals surface area contributed by atoms with Crippen molar-refractivity contribution in [3.8, 4) is 0 Å². The Labute approximate surface area is 116 Å². The van der Waals surface area contributed by atoms with Gasteiger partial charge in [-0.2, -0.15) is 0 Å². The van der Waals surface area contributed by atoms with Gasteiger partial charge in [-0.3, -0.25) is 4.90 Å². The smallest absolute Gasteiger partial charge is 0.126 e. The van der Waals surface area contributed by atoms with E-state index in [1.165, 1.54) is 0 Å². The average Bonchev–Trinajstić information content (AvgIpc) is 2.34. The van der Waals surface area contributed by atoms with Crippen molar-refractivity contribution in [1.82, 2.24) is 9.88 Å². The van der Waals surface area contributed by atoms with Gasteiger partial charge in [0, 0.05) is 31.9 Å². The van der Waals surface area contributed by atoms with Gasteiger partial charge in [-0.1, -0.05) is 6.07 Å². The van der Waals surface area contributed by atoms with E-state index in [9.17, 15) is 0 Å². The summed E-state index contributed by atoms with van der Waals surface area (Å²) < 4.78 is 5.74. The van der Waals surface area contributed by atoms with Gasteiger partial charge in [0.2, 0.25) is 0 Å². The van der Waals surface area contributed by atoms with Crippen molar-refractivity contribution in [2.45, 2.75) is 39.4 Å². The fourth-order valence-electron chi connectivity index (χ4n) is 2.63. The summed E-state index contributed by atoms with van der Waals surface area (Å²) in [5.74, 6) is 0.976. The number of hydrogen-bond acceptors (Lipinski definition) is 4. The van der Waals surface area contributed by atoms with Crippen molar-refractivity contribution >= 4 is 5.82 Å². The van der Waals surface area contributed by atoms with Crippen LogP contribution in [0.3, 0.4) is 0 Å². The molecule has 0 amide bonds. The van der Waals surface area contributed by atoms with E-state index in [2.05, 4.69) is 29.0 Å². The van der Waals surface area contributed by atoms with E-state index >= 15 is 0 Å². The number of hydrogen-bond donors (Lipinski definition) is 1. The summed E-state index contributed by atoms with van der Waals surface area (Å²) in [5.41, 5.74) is 1.06. The number of nitrogens with one attached hydrogen (secondary N) is 1. The predicted octanol–water partition coefficient (Wildman–Crippen LogP) is 2.30. The molecule has 0 saturated carbocycles. The quantitative estimate of drug-likeness (QED) is 0.827. The van der Waals surface area contributed by atoms with E-state index in [4.69, 9.17) is 4.74 Å². The Hall–Kier alpha value is -1.13. The van der Waals surface area contributed by atoms with Crippen LogP contribution in [0.5, 0.6) is 0 Å². The first kappa shape index (κ1) is 14.3. The highest BCUT2D eigenvalue weighted by atomic mass is 16.5. The molecular formula is C15H25N3O. The van der Waals surface area contributed by atoms with Crippen LogP contribution in [0.4, 0.5) is 5.82 Å². The van der Waals surface area contributed by atoms with Crippen LogP contribution in [0.2, 0.25) is 0 Å². The highest BCUT2D eigenvalue weighted by molar-refractivity contribution is 5.34. The highest BCUT2D eigenvalue weighted by Gasteiger charge is 2.21. The lowest BCUT2D eigenvalue weighted by atomic mass is 10.2. The number of rotatable bonds is 5. The summed E-state index contributed by atoms with van der Waals surface area (Å²) in [6.45, 7) is 10.5. The summed E-state index contributed by atoms with van der Waals surface area (Å²) in [4.78, 5) is 6.93. The first-order valence-corrected chi connectivity index (χ1v) is 7.19. The van der Waals surface area contributed by atoms with Gasteiger partial charge in [0.15, 0.2) is 0 Å². The molecule has 1 saturated heterocycles. The van der Waals surface area contributed by atoms with Gasteiger partial charge in [0.1, 0.15) is 5.82 Å². The Morgan fingerprint density at radius 1 is 1.32 bits per heavy atom. The molecule has 1 aromatic heterocycles. The molecule has 2 rings (SSSR count). The van der Waals surface area contributed by atoms with Crippen LogP contribution in [-0.4, -0.2) is 48.3 Å². The van der Waals surface area contributed by atoms with Gasteiger partial charge in [-0.25, -0.2) is 4.98 Å². The first-order valence-electron chi connectivity index (χ1n) is 7.19. The van der Waals surface area contributed by atoms with Crippen LogP contribution in [0.25, 0.3) is 0 Å². The third-order valence-corrected chi connectivity index (χ3v) is 3.34. The second kappa shape index (κ2) is 6.87. The van der Waals surface area contributed by atoms with Crippen molar-refractivity contribution < 1.29 is 4.74 Å². The Kier molecular flexibility index (Phi) is 5.16. The normalized spacial score (nSPS) is 24.4. The molecule has 4 heteroatoms. The van der Waals surface area contributed by atoms with Gasteiger partial charge >= 0.3 is 0 Å². The lowest BCUT2D eigenvalue weighted by Crippen LogP contribution is -2.45. The van der Waals surface area contributed by atoms with Crippen LogP contribution in [0, 0.1) is 6.92 Å². The first-order chi connectivity index (χ1) is 9.13. The molecule has 1 aromatic rings. The average molecular weight is 263 g/mol. The Balaban J connectivity index is 1.66. The van der Waals surface area contributed by atoms with Gasteiger partial charge in [-0.15, -0.1) is 0 Å². The van der Waals surface area contributed by atoms with Crippen LogP contribution in [-0.2, 0) is 4.74 Å². The molecule has 1 aliphatic heterocycles. The second-order valence-corrected chi connectivity index (χ2v) is 5.46. The molecule has 0 spiro atoms. The lowest BCUT2D eigenvalue weighted by molar-refractivity contribution is -0.0678. The second-order valence-electron chi connectivity index (χ2n) is 5.46. The molecule has 1 fully saturated rings. The van der Waals surface area contributed by atoms with Crippen molar-refractivity contribution in [3.63, 3.8) is 0 Å². The molecule has 2 unspecified atom stereocenters.